The molecule has 41 heavy (non-hydrogen) atoms. The first-order valence-corrected chi connectivity index (χ1v) is 15.3. The summed E-state index contributed by atoms with van der Waals surface area (Å²) in [5.41, 5.74) is 0.923. The SMILES string of the molecule is CC(/C=C/[C@H]1OC(C)(C)CC2(CC2)[C@@H]1O)=C\C[C@@H]1O[C@H](C)[C@H](NC(=O)/C=C\[C@H](C)OC(=O)N2CCOCC2)C[C@@H]1C. The minimum absolute atomic E-state index is 0.0335. The molecule has 2 amide bonds. The number of morpholine rings is 1. The van der Waals surface area contributed by atoms with Gasteiger partial charge in [0, 0.05) is 24.6 Å². The molecule has 9 nitrogen and oxygen atoms in total. The Bertz CT molecular complexity index is 1010. The number of aliphatic hydroxyl groups excluding tert-OH is 1. The molecule has 4 aliphatic rings. The molecule has 0 aromatic rings. The number of hydrogen-bond donors (Lipinski definition) is 2. The van der Waals surface area contributed by atoms with Crippen LogP contribution in [0.25, 0.3) is 0 Å². The van der Waals surface area contributed by atoms with Crippen molar-refractivity contribution in [1.29, 1.82) is 0 Å². The van der Waals surface area contributed by atoms with Crippen LogP contribution in [-0.2, 0) is 23.7 Å². The highest BCUT2D eigenvalue weighted by Crippen LogP contribution is 2.58. The minimum atomic E-state index is -0.516. The standard InChI is InChI=1S/C32H50N2O7/c1-21(8-11-27-29(36)32(13-14-32)20-31(5,6)41-27)7-10-26-22(2)19-25(24(4)40-26)33-28(35)12-9-23(3)39-30(37)34-15-17-38-18-16-34/h7-9,11-12,22-27,29,36H,10,13-20H2,1-6H3,(H,33,35)/b11-8+,12-9-,21-7+/t22-,23-,24+,25+,26-,27+,29+/m0/s1. The number of carbonyl (C=O) groups is 2. The molecule has 4 rings (SSSR count). The Morgan fingerprint density at radius 1 is 1.17 bits per heavy atom. The molecular formula is C32H50N2O7. The van der Waals surface area contributed by atoms with Crippen molar-refractivity contribution in [2.24, 2.45) is 11.3 Å². The van der Waals surface area contributed by atoms with Crippen LogP contribution in [0, 0.1) is 11.3 Å². The van der Waals surface area contributed by atoms with Crippen molar-refractivity contribution in [3.63, 3.8) is 0 Å². The highest BCUT2D eigenvalue weighted by atomic mass is 16.6. The van der Waals surface area contributed by atoms with E-state index in [4.69, 9.17) is 18.9 Å². The van der Waals surface area contributed by atoms with E-state index in [9.17, 15) is 14.7 Å². The number of nitrogens with zero attached hydrogens (tertiary/aromatic N) is 1. The number of nitrogens with one attached hydrogen (secondary N) is 1. The molecule has 0 unspecified atom stereocenters. The smallest absolute Gasteiger partial charge is 0.410 e. The van der Waals surface area contributed by atoms with Gasteiger partial charge in [-0.3, -0.25) is 4.79 Å². The van der Waals surface area contributed by atoms with E-state index in [1.54, 1.807) is 17.9 Å². The lowest BCUT2D eigenvalue weighted by molar-refractivity contribution is -0.173. The summed E-state index contributed by atoms with van der Waals surface area (Å²) >= 11 is 0. The lowest BCUT2D eigenvalue weighted by Crippen LogP contribution is -2.50. The third-order valence-electron chi connectivity index (χ3n) is 8.90. The van der Waals surface area contributed by atoms with Gasteiger partial charge in [-0.2, -0.15) is 0 Å². The van der Waals surface area contributed by atoms with Gasteiger partial charge in [-0.25, -0.2) is 4.79 Å². The summed E-state index contributed by atoms with van der Waals surface area (Å²) in [4.78, 5) is 26.4. The maximum absolute atomic E-state index is 12.6. The van der Waals surface area contributed by atoms with Crippen molar-refractivity contribution in [3.05, 3.63) is 36.0 Å². The van der Waals surface area contributed by atoms with Gasteiger partial charge < -0.3 is 34.3 Å². The summed E-state index contributed by atoms with van der Waals surface area (Å²) in [6.45, 7) is 14.2. The summed E-state index contributed by atoms with van der Waals surface area (Å²) in [6, 6.07) is -0.0994. The van der Waals surface area contributed by atoms with Gasteiger partial charge in [0.2, 0.25) is 5.91 Å². The van der Waals surface area contributed by atoms with E-state index in [2.05, 4.69) is 45.2 Å². The Morgan fingerprint density at radius 3 is 2.56 bits per heavy atom. The lowest BCUT2D eigenvalue weighted by atomic mass is 9.80. The second kappa shape index (κ2) is 13.4. The Labute approximate surface area is 245 Å². The van der Waals surface area contributed by atoms with Gasteiger partial charge in [0.25, 0.3) is 0 Å². The molecule has 0 aromatic heterocycles. The zero-order valence-corrected chi connectivity index (χ0v) is 25.6. The predicted octanol–water partition coefficient (Wildman–Crippen LogP) is 4.30. The monoisotopic (exact) mass is 574 g/mol. The Kier molecular flexibility index (Phi) is 10.4. The maximum Gasteiger partial charge on any atom is 0.410 e. The number of allylic oxidation sites excluding steroid dienone is 2. The van der Waals surface area contributed by atoms with Gasteiger partial charge in [-0.15, -0.1) is 0 Å². The van der Waals surface area contributed by atoms with Crippen molar-refractivity contribution < 1.29 is 33.6 Å². The van der Waals surface area contributed by atoms with E-state index in [-0.39, 0.29) is 47.2 Å². The van der Waals surface area contributed by atoms with Crippen LogP contribution in [-0.4, -0.2) is 90.5 Å². The van der Waals surface area contributed by atoms with Crippen LogP contribution in [0.15, 0.2) is 36.0 Å². The van der Waals surface area contributed by atoms with Crippen LogP contribution in [0.3, 0.4) is 0 Å². The van der Waals surface area contributed by atoms with Crippen LogP contribution in [0.1, 0.15) is 73.6 Å². The minimum Gasteiger partial charge on any atom is -0.442 e. The molecule has 9 heteroatoms. The van der Waals surface area contributed by atoms with Gasteiger partial charge in [0.1, 0.15) is 12.2 Å². The fourth-order valence-corrected chi connectivity index (χ4v) is 6.36. The highest BCUT2D eigenvalue weighted by Gasteiger charge is 2.57. The number of ether oxygens (including phenoxy) is 4. The average molecular weight is 575 g/mol. The summed E-state index contributed by atoms with van der Waals surface area (Å²) in [6.07, 6.45) is 12.2. The van der Waals surface area contributed by atoms with Crippen LogP contribution < -0.4 is 5.32 Å². The van der Waals surface area contributed by atoms with Crippen LogP contribution in [0.4, 0.5) is 4.79 Å². The highest BCUT2D eigenvalue weighted by molar-refractivity contribution is 5.87. The normalized spacial score (nSPS) is 34.1. The molecule has 1 aliphatic carbocycles. The number of aliphatic hydroxyl groups is 1. The zero-order chi connectivity index (χ0) is 29.8. The Morgan fingerprint density at radius 2 is 1.88 bits per heavy atom. The van der Waals surface area contributed by atoms with Crippen LogP contribution >= 0.6 is 0 Å². The summed E-state index contributed by atoms with van der Waals surface area (Å²) in [5.74, 6) is 0.0375. The summed E-state index contributed by atoms with van der Waals surface area (Å²) in [5, 5.41) is 13.9. The Hall–Kier alpha value is -2.20. The van der Waals surface area contributed by atoms with Gasteiger partial charge in [0.15, 0.2) is 0 Å². The summed E-state index contributed by atoms with van der Waals surface area (Å²) < 4.78 is 23.2. The van der Waals surface area contributed by atoms with Crippen molar-refractivity contribution in [2.75, 3.05) is 26.3 Å². The Balaban J connectivity index is 1.21. The predicted molar refractivity (Wildman–Crippen MR) is 156 cm³/mol. The summed E-state index contributed by atoms with van der Waals surface area (Å²) in [7, 11) is 0. The first-order chi connectivity index (χ1) is 19.4. The van der Waals surface area contributed by atoms with Crippen molar-refractivity contribution >= 4 is 12.0 Å². The average Bonchev–Trinajstić information content (AvgIpc) is 3.69. The second-order valence-corrected chi connectivity index (χ2v) is 13.1. The molecule has 1 spiro atoms. The number of amides is 2. The fraction of sp³-hybridized carbons (Fsp3) is 0.750. The van der Waals surface area contributed by atoms with E-state index >= 15 is 0 Å². The molecule has 2 N–H and O–H groups in total. The lowest BCUT2D eigenvalue weighted by Gasteiger charge is -2.43. The molecule has 0 aromatic carbocycles. The maximum atomic E-state index is 12.6. The third-order valence-corrected chi connectivity index (χ3v) is 8.90. The molecule has 3 heterocycles. The molecule has 3 aliphatic heterocycles. The van der Waals surface area contributed by atoms with Gasteiger partial charge >= 0.3 is 6.09 Å². The first kappa shape index (κ1) is 31.7. The van der Waals surface area contributed by atoms with Crippen molar-refractivity contribution in [1.82, 2.24) is 10.2 Å². The van der Waals surface area contributed by atoms with E-state index in [0.29, 0.717) is 26.3 Å². The fourth-order valence-electron chi connectivity index (χ4n) is 6.36. The molecule has 0 bridgehead atoms. The van der Waals surface area contributed by atoms with Crippen LogP contribution in [0.2, 0.25) is 0 Å². The number of hydrogen-bond acceptors (Lipinski definition) is 7. The van der Waals surface area contributed by atoms with E-state index in [1.807, 2.05) is 13.0 Å². The molecular weight excluding hydrogens is 524 g/mol. The first-order valence-electron chi connectivity index (χ1n) is 15.3. The molecule has 3 saturated heterocycles. The third kappa shape index (κ3) is 8.66. The number of carbonyl (C=O) groups excluding carboxylic acids is 2. The molecule has 7 atom stereocenters. The van der Waals surface area contributed by atoms with Gasteiger partial charge in [-0.05, 0) is 78.7 Å². The molecule has 230 valence electrons. The molecule has 4 fully saturated rings. The quantitative estimate of drug-likeness (QED) is 0.329. The molecule has 0 radical (unpaired) electrons. The van der Waals surface area contributed by atoms with Crippen molar-refractivity contribution in [3.8, 4) is 0 Å². The van der Waals surface area contributed by atoms with Crippen LogP contribution in [0.5, 0.6) is 0 Å². The largest absolute Gasteiger partial charge is 0.442 e. The topological polar surface area (TPSA) is 107 Å². The van der Waals surface area contributed by atoms with E-state index < -0.39 is 18.3 Å². The van der Waals surface area contributed by atoms with Crippen molar-refractivity contribution in [2.45, 2.75) is 116 Å². The van der Waals surface area contributed by atoms with Gasteiger partial charge in [0.05, 0.1) is 43.2 Å². The van der Waals surface area contributed by atoms with E-state index in [0.717, 1.165) is 37.7 Å². The van der Waals surface area contributed by atoms with Gasteiger partial charge in [-0.1, -0.05) is 30.7 Å². The molecule has 1 saturated carbocycles. The zero-order valence-electron chi connectivity index (χ0n) is 25.6. The number of rotatable bonds is 8. The van der Waals surface area contributed by atoms with E-state index in [1.165, 1.54) is 6.08 Å². The second-order valence-electron chi connectivity index (χ2n) is 13.1.